The molecule has 2 aromatic heterocycles. The molecule has 2 aromatic rings. The summed E-state index contributed by atoms with van der Waals surface area (Å²) in [5.74, 6) is 0.859. The maximum Gasteiger partial charge on any atom is 0.152 e. The Morgan fingerprint density at radius 2 is 2.35 bits per heavy atom. The van der Waals surface area contributed by atoms with Crippen molar-refractivity contribution in [2.75, 3.05) is 24.6 Å². The fourth-order valence-corrected chi connectivity index (χ4v) is 2.41. The number of morpholine rings is 1. The molecule has 1 aliphatic rings. The Balaban J connectivity index is 1.86. The highest BCUT2D eigenvalue weighted by Gasteiger charge is 2.24. The molecule has 3 heterocycles. The van der Waals surface area contributed by atoms with Crippen molar-refractivity contribution in [3.8, 4) is 6.07 Å². The summed E-state index contributed by atoms with van der Waals surface area (Å²) >= 11 is 0. The molecule has 1 aliphatic heterocycles. The molecule has 1 saturated heterocycles. The molecule has 0 aromatic carbocycles. The number of rotatable bonds is 2. The standard InChI is InChI=1S/C14H15N5O/c1-11-12(8-15)2-3-17-14(11)18-6-7-20-13(9-18)19-5-4-16-10-19/h2-5,10,13H,6-7,9H2,1H3. The van der Waals surface area contributed by atoms with Crippen molar-refractivity contribution in [2.24, 2.45) is 0 Å². The average molecular weight is 269 g/mol. The van der Waals surface area contributed by atoms with Crippen LogP contribution < -0.4 is 4.90 Å². The summed E-state index contributed by atoms with van der Waals surface area (Å²) in [6.07, 6.45) is 6.99. The van der Waals surface area contributed by atoms with Gasteiger partial charge in [-0.3, -0.25) is 0 Å². The van der Waals surface area contributed by atoms with E-state index in [2.05, 4.69) is 20.9 Å². The van der Waals surface area contributed by atoms with Crippen LogP contribution >= 0.6 is 0 Å². The molecule has 102 valence electrons. The normalized spacial score (nSPS) is 18.8. The Labute approximate surface area is 117 Å². The third-order valence-corrected chi connectivity index (χ3v) is 3.50. The summed E-state index contributed by atoms with van der Waals surface area (Å²) in [5, 5.41) is 9.11. The van der Waals surface area contributed by atoms with Gasteiger partial charge in [-0.1, -0.05) is 0 Å². The van der Waals surface area contributed by atoms with Gasteiger partial charge in [-0.15, -0.1) is 0 Å². The number of pyridine rings is 1. The van der Waals surface area contributed by atoms with Gasteiger partial charge in [0.05, 0.1) is 31.1 Å². The summed E-state index contributed by atoms with van der Waals surface area (Å²) in [4.78, 5) is 10.6. The highest BCUT2D eigenvalue weighted by molar-refractivity contribution is 5.53. The Morgan fingerprint density at radius 1 is 1.45 bits per heavy atom. The topological polar surface area (TPSA) is 67.0 Å². The monoisotopic (exact) mass is 269 g/mol. The van der Waals surface area contributed by atoms with E-state index in [-0.39, 0.29) is 6.23 Å². The van der Waals surface area contributed by atoms with Gasteiger partial charge in [0.15, 0.2) is 6.23 Å². The smallest absolute Gasteiger partial charge is 0.152 e. The van der Waals surface area contributed by atoms with E-state index in [1.165, 1.54) is 0 Å². The van der Waals surface area contributed by atoms with E-state index in [9.17, 15) is 0 Å². The van der Waals surface area contributed by atoms with Crippen LogP contribution in [0, 0.1) is 18.3 Å². The third-order valence-electron chi connectivity index (χ3n) is 3.50. The molecule has 1 atom stereocenters. The highest BCUT2D eigenvalue weighted by atomic mass is 16.5. The number of nitrogens with zero attached hydrogens (tertiary/aromatic N) is 5. The van der Waals surface area contributed by atoms with E-state index in [0.29, 0.717) is 18.7 Å². The highest BCUT2D eigenvalue weighted by Crippen LogP contribution is 2.24. The minimum Gasteiger partial charge on any atom is -0.354 e. The van der Waals surface area contributed by atoms with Crippen molar-refractivity contribution in [3.05, 3.63) is 42.1 Å². The Hall–Kier alpha value is -2.39. The summed E-state index contributed by atoms with van der Waals surface area (Å²) in [6.45, 7) is 4.02. The Kier molecular flexibility index (Phi) is 3.35. The molecular formula is C14H15N5O. The fourth-order valence-electron chi connectivity index (χ4n) is 2.41. The molecule has 1 unspecified atom stereocenters. The van der Waals surface area contributed by atoms with Crippen molar-refractivity contribution in [1.82, 2.24) is 14.5 Å². The van der Waals surface area contributed by atoms with Crippen LogP contribution in [0.25, 0.3) is 0 Å². The lowest BCUT2D eigenvalue weighted by atomic mass is 10.1. The molecule has 1 fully saturated rings. The SMILES string of the molecule is Cc1c(C#N)ccnc1N1CCOC(n2ccnc2)C1. The number of imidazole rings is 1. The predicted molar refractivity (Wildman–Crippen MR) is 73.1 cm³/mol. The van der Waals surface area contributed by atoms with Gasteiger partial charge in [0, 0.05) is 30.7 Å². The molecule has 0 aliphatic carbocycles. The van der Waals surface area contributed by atoms with Gasteiger partial charge in [0.1, 0.15) is 5.82 Å². The number of ether oxygens (including phenoxy) is 1. The van der Waals surface area contributed by atoms with Gasteiger partial charge in [-0.05, 0) is 13.0 Å². The van der Waals surface area contributed by atoms with Crippen LogP contribution in [0.5, 0.6) is 0 Å². The van der Waals surface area contributed by atoms with Crippen molar-refractivity contribution in [1.29, 1.82) is 5.26 Å². The van der Waals surface area contributed by atoms with Crippen LogP contribution in [0.15, 0.2) is 31.0 Å². The van der Waals surface area contributed by atoms with Crippen LogP contribution in [-0.4, -0.2) is 34.2 Å². The fraction of sp³-hybridized carbons (Fsp3) is 0.357. The number of anilines is 1. The van der Waals surface area contributed by atoms with Crippen LogP contribution in [0.2, 0.25) is 0 Å². The second-order valence-electron chi connectivity index (χ2n) is 4.70. The van der Waals surface area contributed by atoms with Crippen LogP contribution in [0.3, 0.4) is 0 Å². The first-order valence-electron chi connectivity index (χ1n) is 6.49. The number of nitriles is 1. The van der Waals surface area contributed by atoms with Gasteiger partial charge < -0.3 is 14.2 Å². The molecule has 0 N–H and O–H groups in total. The molecule has 0 spiro atoms. The maximum atomic E-state index is 9.11. The maximum absolute atomic E-state index is 9.11. The lowest BCUT2D eigenvalue weighted by Crippen LogP contribution is -2.41. The largest absolute Gasteiger partial charge is 0.354 e. The number of hydrogen-bond acceptors (Lipinski definition) is 5. The summed E-state index contributed by atoms with van der Waals surface area (Å²) < 4.78 is 7.70. The van der Waals surface area contributed by atoms with Gasteiger partial charge in [-0.25, -0.2) is 9.97 Å². The third kappa shape index (κ3) is 2.24. The zero-order valence-corrected chi connectivity index (χ0v) is 11.2. The molecule has 6 nitrogen and oxygen atoms in total. The van der Waals surface area contributed by atoms with Gasteiger partial charge >= 0.3 is 0 Å². The van der Waals surface area contributed by atoms with Crippen molar-refractivity contribution in [3.63, 3.8) is 0 Å². The first-order valence-corrected chi connectivity index (χ1v) is 6.49. The molecule has 0 saturated carbocycles. The molecule has 3 rings (SSSR count). The Morgan fingerprint density at radius 3 is 3.10 bits per heavy atom. The first-order chi connectivity index (χ1) is 9.79. The van der Waals surface area contributed by atoms with Crippen molar-refractivity contribution >= 4 is 5.82 Å². The molecular weight excluding hydrogens is 254 g/mol. The predicted octanol–water partition coefficient (Wildman–Crippen LogP) is 1.49. The molecule has 0 amide bonds. The number of aromatic nitrogens is 3. The summed E-state index contributed by atoms with van der Waals surface area (Å²) in [6, 6.07) is 3.94. The summed E-state index contributed by atoms with van der Waals surface area (Å²) in [7, 11) is 0. The first kappa shape index (κ1) is 12.6. The van der Waals surface area contributed by atoms with Gasteiger partial charge in [0.2, 0.25) is 0 Å². The van der Waals surface area contributed by atoms with E-state index in [1.807, 2.05) is 17.7 Å². The lowest BCUT2D eigenvalue weighted by Gasteiger charge is -2.34. The van der Waals surface area contributed by atoms with E-state index < -0.39 is 0 Å². The zero-order chi connectivity index (χ0) is 13.9. The minimum absolute atomic E-state index is 0.0711. The number of hydrogen-bond donors (Lipinski definition) is 0. The second-order valence-corrected chi connectivity index (χ2v) is 4.70. The molecule has 20 heavy (non-hydrogen) atoms. The molecule has 0 radical (unpaired) electrons. The van der Waals surface area contributed by atoms with E-state index in [0.717, 1.165) is 17.9 Å². The molecule has 0 bridgehead atoms. The van der Waals surface area contributed by atoms with Gasteiger partial charge in [-0.2, -0.15) is 5.26 Å². The quantitative estimate of drug-likeness (QED) is 0.826. The van der Waals surface area contributed by atoms with Crippen molar-refractivity contribution < 1.29 is 4.74 Å². The summed E-state index contributed by atoms with van der Waals surface area (Å²) in [5.41, 5.74) is 1.59. The van der Waals surface area contributed by atoms with Crippen LogP contribution in [-0.2, 0) is 4.74 Å². The van der Waals surface area contributed by atoms with Crippen LogP contribution in [0.1, 0.15) is 17.4 Å². The van der Waals surface area contributed by atoms with E-state index in [4.69, 9.17) is 10.00 Å². The average Bonchev–Trinajstić information content (AvgIpc) is 3.02. The Bertz CT molecular complexity index is 632. The van der Waals surface area contributed by atoms with E-state index in [1.54, 1.807) is 24.8 Å². The second kappa shape index (κ2) is 5.31. The van der Waals surface area contributed by atoms with Crippen molar-refractivity contribution in [2.45, 2.75) is 13.2 Å². The van der Waals surface area contributed by atoms with Crippen LogP contribution in [0.4, 0.5) is 5.82 Å². The van der Waals surface area contributed by atoms with E-state index >= 15 is 0 Å². The minimum atomic E-state index is -0.0711. The zero-order valence-electron chi connectivity index (χ0n) is 11.2. The molecule has 6 heteroatoms. The van der Waals surface area contributed by atoms with Gasteiger partial charge in [0.25, 0.3) is 0 Å². The lowest BCUT2D eigenvalue weighted by molar-refractivity contribution is -0.00882.